The van der Waals surface area contributed by atoms with E-state index in [1.807, 2.05) is 24.4 Å². The molecule has 0 atom stereocenters. The molecule has 0 radical (unpaired) electrons. The van der Waals surface area contributed by atoms with Gasteiger partial charge in [0.15, 0.2) is 5.69 Å². The van der Waals surface area contributed by atoms with E-state index in [1.165, 1.54) is 30.7 Å². The van der Waals surface area contributed by atoms with Crippen molar-refractivity contribution in [1.29, 1.82) is 0 Å². The maximum absolute atomic E-state index is 13.1. The summed E-state index contributed by atoms with van der Waals surface area (Å²) in [5.41, 5.74) is 3.67. The van der Waals surface area contributed by atoms with Crippen LogP contribution in [0.25, 0.3) is 22.2 Å². The zero-order valence-electron chi connectivity index (χ0n) is 15.1. The lowest BCUT2D eigenvalue weighted by molar-refractivity contribution is 0.102. The molecule has 6 nitrogen and oxygen atoms in total. The molecule has 28 heavy (non-hydrogen) atoms. The van der Waals surface area contributed by atoms with Crippen molar-refractivity contribution in [3.8, 4) is 11.3 Å². The van der Waals surface area contributed by atoms with Gasteiger partial charge in [-0.1, -0.05) is 6.07 Å². The Kier molecular flexibility index (Phi) is 3.93. The van der Waals surface area contributed by atoms with Gasteiger partial charge in [0.25, 0.3) is 5.91 Å². The van der Waals surface area contributed by atoms with Crippen molar-refractivity contribution >= 4 is 22.5 Å². The molecule has 0 aliphatic carbocycles. The first-order valence-electron chi connectivity index (χ1n) is 9.29. The molecule has 140 valence electrons. The standard InChI is InChI=1S/C21H18FN5O/c22-14-5-7-15(8-6-14)24-21(28)20-16-11-13(4-9-17(16)25-26-20)18-12-23-19-3-1-2-10-27(18)19/h4-9,11-12H,1-3,10H2,(H,24,28)(H,25,26). The number of benzene rings is 2. The normalized spacial score (nSPS) is 13.5. The van der Waals surface area contributed by atoms with Crippen LogP contribution < -0.4 is 5.32 Å². The van der Waals surface area contributed by atoms with Crippen molar-refractivity contribution in [2.24, 2.45) is 0 Å². The Hall–Kier alpha value is -3.48. The largest absolute Gasteiger partial charge is 0.328 e. The van der Waals surface area contributed by atoms with Crippen molar-refractivity contribution in [2.75, 3.05) is 5.32 Å². The second kappa shape index (κ2) is 6.60. The number of rotatable bonds is 3. The van der Waals surface area contributed by atoms with E-state index in [1.54, 1.807) is 0 Å². The monoisotopic (exact) mass is 375 g/mol. The molecule has 0 bridgehead atoms. The minimum absolute atomic E-state index is 0.305. The van der Waals surface area contributed by atoms with Crippen LogP contribution in [-0.4, -0.2) is 25.7 Å². The predicted molar refractivity (Wildman–Crippen MR) is 105 cm³/mol. The Morgan fingerprint density at radius 3 is 2.86 bits per heavy atom. The number of aromatic amines is 1. The Bertz CT molecular complexity index is 1180. The fourth-order valence-corrected chi connectivity index (χ4v) is 3.72. The van der Waals surface area contributed by atoms with Crippen LogP contribution in [0.2, 0.25) is 0 Å². The number of H-pyrrole nitrogens is 1. The Morgan fingerprint density at radius 2 is 2.00 bits per heavy atom. The van der Waals surface area contributed by atoms with E-state index in [0.717, 1.165) is 47.4 Å². The summed E-state index contributed by atoms with van der Waals surface area (Å²) in [6.45, 7) is 0.964. The van der Waals surface area contributed by atoms with Gasteiger partial charge in [-0.15, -0.1) is 0 Å². The van der Waals surface area contributed by atoms with Gasteiger partial charge in [-0.05, 0) is 49.2 Å². The van der Waals surface area contributed by atoms with Gasteiger partial charge in [-0.2, -0.15) is 5.10 Å². The van der Waals surface area contributed by atoms with Gasteiger partial charge in [0.05, 0.1) is 17.4 Å². The number of hydrogen-bond acceptors (Lipinski definition) is 3. The third-order valence-corrected chi connectivity index (χ3v) is 5.15. The summed E-state index contributed by atoms with van der Waals surface area (Å²) in [7, 11) is 0. The first kappa shape index (κ1) is 16.7. The van der Waals surface area contributed by atoms with Crippen LogP contribution in [0.1, 0.15) is 29.2 Å². The highest BCUT2D eigenvalue weighted by molar-refractivity contribution is 6.11. The van der Waals surface area contributed by atoms with Crippen LogP contribution in [0.15, 0.2) is 48.7 Å². The van der Waals surface area contributed by atoms with Crippen molar-refractivity contribution in [3.05, 3.63) is 66.0 Å². The van der Waals surface area contributed by atoms with E-state index in [0.29, 0.717) is 11.4 Å². The number of hydrogen-bond donors (Lipinski definition) is 2. The molecule has 0 saturated heterocycles. The number of anilines is 1. The average molecular weight is 375 g/mol. The van der Waals surface area contributed by atoms with Crippen molar-refractivity contribution < 1.29 is 9.18 Å². The zero-order valence-corrected chi connectivity index (χ0v) is 15.1. The lowest BCUT2D eigenvalue weighted by Gasteiger charge is -2.16. The van der Waals surface area contributed by atoms with Crippen LogP contribution in [-0.2, 0) is 13.0 Å². The number of aryl methyl sites for hydroxylation is 1. The smallest absolute Gasteiger partial charge is 0.276 e. The fraction of sp³-hybridized carbons (Fsp3) is 0.190. The van der Waals surface area contributed by atoms with Crippen LogP contribution >= 0.6 is 0 Å². The first-order chi connectivity index (χ1) is 13.7. The second-order valence-electron chi connectivity index (χ2n) is 6.96. The van der Waals surface area contributed by atoms with Crippen LogP contribution in [0.3, 0.4) is 0 Å². The summed E-state index contributed by atoms with van der Waals surface area (Å²) in [6, 6.07) is 11.6. The number of imidazole rings is 1. The number of amides is 1. The molecular weight excluding hydrogens is 357 g/mol. The molecule has 0 spiro atoms. The molecule has 2 aromatic heterocycles. The quantitative estimate of drug-likeness (QED) is 0.565. The number of aromatic nitrogens is 4. The lowest BCUT2D eigenvalue weighted by atomic mass is 10.1. The van der Waals surface area contributed by atoms with Crippen LogP contribution in [0.5, 0.6) is 0 Å². The Balaban J connectivity index is 1.51. The summed E-state index contributed by atoms with van der Waals surface area (Å²) in [5.74, 6) is 0.421. The van der Waals surface area contributed by atoms with Gasteiger partial charge < -0.3 is 9.88 Å². The number of fused-ring (bicyclic) bond motifs is 2. The summed E-state index contributed by atoms with van der Waals surface area (Å²) in [6.07, 6.45) is 5.22. The van der Waals surface area contributed by atoms with Gasteiger partial charge in [0, 0.05) is 29.6 Å². The molecule has 2 N–H and O–H groups in total. The molecule has 1 amide bonds. The molecule has 0 fully saturated rings. The minimum atomic E-state index is -0.350. The van der Waals surface area contributed by atoms with Crippen molar-refractivity contribution in [1.82, 2.24) is 19.7 Å². The van der Waals surface area contributed by atoms with E-state index in [4.69, 9.17) is 0 Å². The van der Waals surface area contributed by atoms with Crippen LogP contribution in [0, 0.1) is 5.82 Å². The van der Waals surface area contributed by atoms with Gasteiger partial charge in [0.2, 0.25) is 0 Å². The van der Waals surface area contributed by atoms with Crippen molar-refractivity contribution in [3.63, 3.8) is 0 Å². The molecule has 7 heteroatoms. The zero-order chi connectivity index (χ0) is 19.1. The number of carbonyl (C=O) groups is 1. The Labute approximate surface area is 160 Å². The van der Waals surface area contributed by atoms with E-state index in [-0.39, 0.29) is 11.7 Å². The highest BCUT2D eigenvalue weighted by atomic mass is 19.1. The highest BCUT2D eigenvalue weighted by Gasteiger charge is 2.18. The molecule has 3 heterocycles. The lowest BCUT2D eigenvalue weighted by Crippen LogP contribution is -2.13. The van der Waals surface area contributed by atoms with Crippen LogP contribution in [0.4, 0.5) is 10.1 Å². The van der Waals surface area contributed by atoms with Gasteiger partial charge >= 0.3 is 0 Å². The molecule has 2 aromatic carbocycles. The fourth-order valence-electron chi connectivity index (χ4n) is 3.72. The maximum atomic E-state index is 13.1. The second-order valence-corrected chi connectivity index (χ2v) is 6.96. The summed E-state index contributed by atoms with van der Waals surface area (Å²) in [4.78, 5) is 17.3. The van der Waals surface area contributed by atoms with E-state index >= 15 is 0 Å². The summed E-state index contributed by atoms with van der Waals surface area (Å²) in [5, 5.41) is 10.6. The molecule has 1 aliphatic heterocycles. The topological polar surface area (TPSA) is 75.6 Å². The van der Waals surface area contributed by atoms with Gasteiger partial charge in [-0.3, -0.25) is 9.89 Å². The van der Waals surface area contributed by atoms with Crippen molar-refractivity contribution in [2.45, 2.75) is 25.8 Å². The van der Waals surface area contributed by atoms with Gasteiger partial charge in [-0.25, -0.2) is 9.37 Å². The molecule has 0 unspecified atom stereocenters. The molecule has 4 aromatic rings. The van der Waals surface area contributed by atoms with E-state index < -0.39 is 0 Å². The number of nitrogens with one attached hydrogen (secondary N) is 2. The minimum Gasteiger partial charge on any atom is -0.328 e. The third kappa shape index (κ3) is 2.85. The predicted octanol–water partition coefficient (Wildman–Crippen LogP) is 4.15. The molecule has 0 saturated carbocycles. The summed E-state index contributed by atoms with van der Waals surface area (Å²) < 4.78 is 15.3. The average Bonchev–Trinajstić information content (AvgIpc) is 3.33. The van der Waals surface area contributed by atoms with Gasteiger partial charge in [0.1, 0.15) is 11.6 Å². The summed E-state index contributed by atoms with van der Waals surface area (Å²) >= 11 is 0. The maximum Gasteiger partial charge on any atom is 0.276 e. The first-order valence-corrected chi connectivity index (χ1v) is 9.29. The molecule has 1 aliphatic rings. The Morgan fingerprint density at radius 1 is 1.14 bits per heavy atom. The third-order valence-electron chi connectivity index (χ3n) is 5.15. The highest BCUT2D eigenvalue weighted by Crippen LogP contribution is 2.28. The molecular formula is C21H18FN5O. The van der Waals surface area contributed by atoms with E-state index in [9.17, 15) is 9.18 Å². The molecule has 5 rings (SSSR count). The number of nitrogens with zero attached hydrogens (tertiary/aromatic N) is 3. The number of carbonyl (C=O) groups excluding carboxylic acids is 1. The van der Waals surface area contributed by atoms with E-state index in [2.05, 4.69) is 25.1 Å². The SMILES string of the molecule is O=C(Nc1ccc(F)cc1)c1n[nH]c2ccc(-c3cnc4n3CCCC4)cc12. The number of halogens is 1.